The molecule has 7 aromatic carbocycles. The molecule has 5 aliphatic carbocycles. The summed E-state index contributed by atoms with van der Waals surface area (Å²) in [6.07, 6.45) is 35.6. The Labute approximate surface area is 836 Å². The van der Waals surface area contributed by atoms with Gasteiger partial charge in [-0.3, -0.25) is 0 Å². The van der Waals surface area contributed by atoms with E-state index in [-0.39, 0.29) is 69.8 Å². The molecule has 0 aromatic heterocycles. The first-order chi connectivity index (χ1) is 65.3. The van der Waals surface area contributed by atoms with E-state index in [4.69, 9.17) is 33.2 Å². The molecule has 0 aliphatic heterocycles. The fourth-order valence-corrected chi connectivity index (χ4v) is 18.6. The Morgan fingerprint density at radius 2 is 0.514 bits per heavy atom. The Morgan fingerprint density at radius 3 is 0.797 bits per heavy atom. The topological polar surface area (TPSA) is 184 Å². The lowest BCUT2D eigenvalue weighted by atomic mass is 9.79. The maximum Gasteiger partial charge on any atom is 0.338 e. The predicted octanol–water partition coefficient (Wildman–Crippen LogP) is 35.0. The van der Waals surface area contributed by atoms with Crippen molar-refractivity contribution >= 4 is 41.8 Å². The third-order valence-corrected chi connectivity index (χ3v) is 30.6. The standard InChI is InChI=1S/C20H30O2.2C19H28O2.C18H26O2.C17H24O2.C16H24O2.C15H22O2/c1-5-15(2)16-10-9-11-17(14-16)19(21)22-20(3,4)18-12-7-6-8-13-18;1-5-14(2)15-9-8-10-16(13-15)18(20)21-19(3,4)17-11-6-7-12-17;1-4-15(3)16-9-11-17(12-10-16)18(20)21-19(5-2)13-7-6-8-14-19;1-4-14(3)15-9-8-10-16(13-15)17(19)20-18(5-2)11-6-7-12-18;1-4-13(2)14-8-7-9-15(12-14)16(18)19-17(3)10-5-6-11-17;1-6-12(3)13-9-8-10-14(11-13)15(17)18-16(4,5)7-2;1-6-11(2)12-8-7-9-13(10-12)14(16)17-15(3,4)5/h9-11,14-15,18H,5-8,12-13H2,1-4H3;8-10,13-14,17H,5-7,11-12H2,1-4H3;9-12,15H,4-8,13-14H2,1-3H3;8-10,13-14H,4-7,11-12H2,1-3H3;7-9,12-13H,4-6,10-11H2,1-3H3;8-12H,6-7H2,1-5H3;7-11H,6H2,1-5H3. The molecule has 762 valence electrons. The quantitative estimate of drug-likeness (QED) is 0.0286. The van der Waals surface area contributed by atoms with E-state index >= 15 is 0 Å². The largest absolute Gasteiger partial charge is 0.456 e. The van der Waals surface area contributed by atoms with Crippen LogP contribution >= 0.6 is 0 Å². The van der Waals surface area contributed by atoms with Gasteiger partial charge in [0.1, 0.15) is 39.2 Å². The molecule has 7 unspecified atom stereocenters. The molecule has 0 radical (unpaired) electrons. The number of rotatable bonds is 32. The summed E-state index contributed by atoms with van der Waals surface area (Å²) in [5, 5.41) is 0. The zero-order valence-corrected chi connectivity index (χ0v) is 90.7. The van der Waals surface area contributed by atoms with Gasteiger partial charge in [0.05, 0.1) is 38.9 Å². The monoisotopic (exact) mass is 1900 g/mol. The first-order valence-corrected chi connectivity index (χ1v) is 53.7. The molecule has 0 heterocycles. The van der Waals surface area contributed by atoms with E-state index < -0.39 is 11.2 Å². The van der Waals surface area contributed by atoms with E-state index in [9.17, 15) is 33.6 Å². The number of carbonyl (C=O) groups is 7. The van der Waals surface area contributed by atoms with Crippen molar-refractivity contribution in [2.75, 3.05) is 0 Å². The van der Waals surface area contributed by atoms with Gasteiger partial charge in [-0.1, -0.05) is 241 Å². The number of hydrogen-bond donors (Lipinski definition) is 0. The van der Waals surface area contributed by atoms with Gasteiger partial charge in [-0.2, -0.15) is 0 Å². The molecule has 7 aromatic rings. The van der Waals surface area contributed by atoms with Gasteiger partial charge in [0.2, 0.25) is 0 Å². The van der Waals surface area contributed by atoms with Crippen molar-refractivity contribution in [3.63, 3.8) is 0 Å². The van der Waals surface area contributed by atoms with Gasteiger partial charge in [0.25, 0.3) is 0 Å². The van der Waals surface area contributed by atoms with Gasteiger partial charge in [-0.15, -0.1) is 0 Å². The van der Waals surface area contributed by atoms with Crippen molar-refractivity contribution in [3.8, 4) is 0 Å². The molecule has 0 saturated heterocycles. The van der Waals surface area contributed by atoms with Crippen LogP contribution in [0.4, 0.5) is 0 Å². The van der Waals surface area contributed by atoms with E-state index in [1.807, 2.05) is 157 Å². The van der Waals surface area contributed by atoms with Gasteiger partial charge in [-0.05, 0) is 413 Å². The third kappa shape index (κ3) is 38.0. The maximum atomic E-state index is 12.5. The number of carbonyl (C=O) groups excluding carboxylic acids is 7. The Kier molecular flexibility index (Phi) is 48.6. The Hall–Kier alpha value is -9.17. The minimum atomic E-state index is -0.441. The first kappa shape index (κ1) is 118. The number of benzene rings is 7. The lowest BCUT2D eigenvalue weighted by Gasteiger charge is -2.36. The Bertz CT molecular complexity index is 4830. The Balaban J connectivity index is 0.000000247. The fraction of sp³-hybridized carbons (Fsp3) is 0.605. The van der Waals surface area contributed by atoms with Crippen LogP contribution in [0.15, 0.2) is 170 Å². The van der Waals surface area contributed by atoms with Crippen molar-refractivity contribution < 1.29 is 66.7 Å². The molecule has 12 rings (SSSR count). The summed E-state index contributed by atoms with van der Waals surface area (Å²) in [4.78, 5) is 86.0. The second-order valence-corrected chi connectivity index (χ2v) is 43.5. The van der Waals surface area contributed by atoms with Crippen molar-refractivity contribution in [2.24, 2.45) is 11.8 Å². The highest BCUT2D eigenvalue weighted by atomic mass is 16.6. The molecule has 5 fully saturated rings. The van der Waals surface area contributed by atoms with Crippen LogP contribution in [-0.4, -0.2) is 81.0 Å². The highest BCUT2D eigenvalue weighted by molar-refractivity contribution is 5.93. The highest BCUT2D eigenvalue weighted by Crippen LogP contribution is 2.42. The molecule has 14 heteroatoms. The lowest BCUT2D eigenvalue weighted by Crippen LogP contribution is -2.37. The van der Waals surface area contributed by atoms with Crippen LogP contribution in [-0.2, 0) is 33.2 Å². The summed E-state index contributed by atoms with van der Waals surface area (Å²) < 4.78 is 40.1. The molecular formula is C124H182O14. The third-order valence-electron chi connectivity index (χ3n) is 30.6. The van der Waals surface area contributed by atoms with Crippen LogP contribution in [0.2, 0.25) is 0 Å². The summed E-state index contributed by atoms with van der Waals surface area (Å²) in [5.41, 5.74) is 11.0. The number of ether oxygens (including phenoxy) is 7. The Morgan fingerprint density at radius 1 is 0.275 bits per heavy atom. The van der Waals surface area contributed by atoms with Crippen LogP contribution in [0.5, 0.6) is 0 Å². The number of esters is 7. The van der Waals surface area contributed by atoms with Crippen molar-refractivity contribution in [3.05, 3.63) is 248 Å². The predicted molar refractivity (Wildman–Crippen MR) is 569 cm³/mol. The summed E-state index contributed by atoms with van der Waals surface area (Å²) in [7, 11) is 0. The minimum absolute atomic E-state index is 0.154. The zero-order chi connectivity index (χ0) is 102. The van der Waals surface area contributed by atoms with E-state index in [2.05, 4.69) is 194 Å². The fourth-order valence-electron chi connectivity index (χ4n) is 18.6. The molecule has 0 amide bonds. The molecule has 7 atom stereocenters. The van der Waals surface area contributed by atoms with Crippen LogP contribution in [0.25, 0.3) is 0 Å². The molecule has 5 saturated carbocycles. The van der Waals surface area contributed by atoms with Crippen LogP contribution in [0, 0.1) is 11.8 Å². The van der Waals surface area contributed by atoms with Gasteiger partial charge in [-0.25, -0.2) is 33.6 Å². The summed E-state index contributed by atoms with van der Waals surface area (Å²) in [6, 6.07) is 55.0. The van der Waals surface area contributed by atoms with Crippen LogP contribution in [0.3, 0.4) is 0 Å². The van der Waals surface area contributed by atoms with Crippen molar-refractivity contribution in [1.29, 1.82) is 0 Å². The molecule has 0 N–H and O–H groups in total. The van der Waals surface area contributed by atoms with Gasteiger partial charge >= 0.3 is 41.8 Å². The number of hydrogen-bond acceptors (Lipinski definition) is 14. The molecular weight excluding hydrogens is 1710 g/mol. The lowest BCUT2D eigenvalue weighted by molar-refractivity contribution is -0.0402. The minimum Gasteiger partial charge on any atom is -0.456 e. The summed E-state index contributed by atoms with van der Waals surface area (Å²) in [6.45, 7) is 56.5. The molecule has 0 spiro atoms. The normalized spacial score (nSPS) is 17.2. The van der Waals surface area contributed by atoms with E-state index in [0.717, 1.165) is 116 Å². The summed E-state index contributed by atoms with van der Waals surface area (Å²) >= 11 is 0. The first-order valence-electron chi connectivity index (χ1n) is 53.7. The highest BCUT2D eigenvalue weighted by Gasteiger charge is 2.40. The maximum absolute atomic E-state index is 12.5. The second-order valence-electron chi connectivity index (χ2n) is 43.5. The van der Waals surface area contributed by atoms with Crippen molar-refractivity contribution in [2.45, 2.75) is 473 Å². The van der Waals surface area contributed by atoms with Gasteiger partial charge < -0.3 is 33.2 Å². The average molecular weight is 1900 g/mol. The van der Waals surface area contributed by atoms with E-state index in [1.54, 1.807) is 6.07 Å². The van der Waals surface area contributed by atoms with E-state index in [0.29, 0.717) is 92.2 Å². The molecule has 0 bridgehead atoms. The van der Waals surface area contributed by atoms with Crippen LogP contribution in [0.1, 0.15) is 545 Å². The molecule has 5 aliphatic rings. The molecule has 14 nitrogen and oxygen atoms in total. The zero-order valence-electron chi connectivity index (χ0n) is 90.7. The smallest absolute Gasteiger partial charge is 0.338 e. The summed E-state index contributed by atoms with van der Waals surface area (Å²) in [5.74, 6) is 3.05. The van der Waals surface area contributed by atoms with Gasteiger partial charge in [0, 0.05) is 0 Å². The average Bonchev–Trinajstić information content (AvgIpc) is 1.36. The van der Waals surface area contributed by atoms with E-state index in [1.165, 1.54) is 129 Å². The second kappa shape index (κ2) is 57.1. The van der Waals surface area contributed by atoms with Gasteiger partial charge in [0.15, 0.2) is 0 Å². The van der Waals surface area contributed by atoms with Crippen molar-refractivity contribution in [1.82, 2.24) is 0 Å². The SMILES string of the molecule is CCC(C)c1ccc(C(=O)OC2(CC)CCCCC2)cc1.CCC(C)c1cccc(C(=O)OC(C)(C)C)c1.CCC(C)c1cccc(C(=O)OC(C)(C)C2CCCC2)c1.CCC(C)c1cccc(C(=O)OC(C)(C)C2CCCCC2)c1.CCC(C)c1cccc(C(=O)OC(C)(C)CC)c1.CCC(C)c1cccc(C(=O)OC2(C)CCCC2)c1.CCC(C)c1cccc(C(=O)OC2(CC)CCCC2)c1. The molecule has 138 heavy (non-hydrogen) atoms. The van der Waals surface area contributed by atoms with Crippen LogP contribution < -0.4 is 0 Å².